The average Bonchev–Trinajstić information content (AvgIpc) is 3.60. The van der Waals surface area contributed by atoms with E-state index in [0.717, 1.165) is 42.6 Å². The Hall–Kier alpha value is -3.53. The summed E-state index contributed by atoms with van der Waals surface area (Å²) in [6.07, 6.45) is 4.39. The molecule has 1 aliphatic rings. The maximum Gasteiger partial charge on any atom is 0.247 e. The summed E-state index contributed by atoms with van der Waals surface area (Å²) in [5.41, 5.74) is 1.78. The van der Waals surface area contributed by atoms with E-state index in [4.69, 9.17) is 4.42 Å². The number of furan rings is 1. The highest BCUT2D eigenvalue weighted by atomic mass is 16.3. The van der Waals surface area contributed by atoms with E-state index in [0.29, 0.717) is 12.2 Å². The number of aliphatic hydroxyl groups excluding tert-OH is 1. The van der Waals surface area contributed by atoms with Gasteiger partial charge in [0.25, 0.3) is 0 Å². The number of benzene rings is 1. The molecule has 3 aromatic rings. The van der Waals surface area contributed by atoms with E-state index >= 15 is 0 Å². The number of rotatable bonds is 10. The SMILES string of the molecule is Cc1ccc([C@@H](C(=O)NC2CCCC2)N(CCCO)C(=O)Cn2nnc(-c3ccc(C)o3)n2)cc1. The lowest BCUT2D eigenvalue weighted by molar-refractivity contribution is -0.142. The summed E-state index contributed by atoms with van der Waals surface area (Å²) in [7, 11) is 0. The molecule has 0 bridgehead atoms. The van der Waals surface area contributed by atoms with Crippen LogP contribution in [0.15, 0.2) is 40.8 Å². The fraction of sp³-hybridized carbons (Fsp3) is 0.480. The molecule has 1 aliphatic carbocycles. The molecule has 0 unspecified atom stereocenters. The molecule has 2 N–H and O–H groups in total. The van der Waals surface area contributed by atoms with Crippen molar-refractivity contribution in [2.45, 2.75) is 64.6 Å². The minimum absolute atomic E-state index is 0.0990. The second-order valence-corrected chi connectivity index (χ2v) is 9.02. The molecule has 0 aliphatic heterocycles. The molecule has 35 heavy (non-hydrogen) atoms. The van der Waals surface area contributed by atoms with Crippen LogP contribution >= 0.6 is 0 Å². The van der Waals surface area contributed by atoms with Gasteiger partial charge in [-0.25, -0.2) is 0 Å². The van der Waals surface area contributed by atoms with Crippen LogP contribution < -0.4 is 5.32 Å². The largest absolute Gasteiger partial charge is 0.458 e. The minimum Gasteiger partial charge on any atom is -0.458 e. The van der Waals surface area contributed by atoms with E-state index in [1.54, 1.807) is 12.1 Å². The monoisotopic (exact) mass is 480 g/mol. The summed E-state index contributed by atoms with van der Waals surface area (Å²) in [4.78, 5) is 29.7. The van der Waals surface area contributed by atoms with Crippen molar-refractivity contribution in [1.82, 2.24) is 30.4 Å². The quantitative estimate of drug-likeness (QED) is 0.457. The third kappa shape index (κ3) is 6.13. The standard InChI is InChI=1S/C25H32N6O4/c1-17-8-11-19(12-9-17)23(25(34)26-20-6-3-4-7-20)30(14-5-15-32)22(33)16-31-28-24(27-29-31)21-13-10-18(2)35-21/h8-13,20,23,32H,3-7,14-16H2,1-2H3,(H,26,34)/t23-/m0/s1. The maximum atomic E-state index is 13.5. The maximum absolute atomic E-state index is 13.5. The molecule has 0 spiro atoms. The Morgan fingerprint density at radius 3 is 2.57 bits per heavy atom. The van der Waals surface area contributed by atoms with E-state index in [1.807, 2.05) is 38.1 Å². The number of amides is 2. The third-order valence-corrected chi connectivity index (χ3v) is 6.22. The van der Waals surface area contributed by atoms with Gasteiger partial charge in [0.2, 0.25) is 17.6 Å². The van der Waals surface area contributed by atoms with Crippen molar-refractivity contribution < 1.29 is 19.1 Å². The number of carbonyl (C=O) groups is 2. The third-order valence-electron chi connectivity index (χ3n) is 6.22. The van der Waals surface area contributed by atoms with Crippen molar-refractivity contribution in [3.8, 4) is 11.6 Å². The molecular formula is C25H32N6O4. The Labute approximate surface area is 204 Å². The van der Waals surface area contributed by atoms with Crippen molar-refractivity contribution in [3.63, 3.8) is 0 Å². The molecule has 1 aromatic carbocycles. The van der Waals surface area contributed by atoms with Crippen LogP contribution in [0, 0.1) is 13.8 Å². The molecule has 4 rings (SSSR count). The van der Waals surface area contributed by atoms with Crippen molar-refractivity contribution in [2.24, 2.45) is 0 Å². The molecule has 1 atom stereocenters. The first-order chi connectivity index (χ1) is 16.9. The highest BCUT2D eigenvalue weighted by molar-refractivity contribution is 5.89. The zero-order valence-electron chi connectivity index (χ0n) is 20.2. The van der Waals surface area contributed by atoms with Gasteiger partial charge in [0.1, 0.15) is 18.3 Å². The van der Waals surface area contributed by atoms with Crippen LogP contribution in [0.2, 0.25) is 0 Å². The molecule has 2 amide bonds. The summed E-state index contributed by atoms with van der Waals surface area (Å²) >= 11 is 0. The predicted molar refractivity (Wildman–Crippen MR) is 128 cm³/mol. The Balaban J connectivity index is 1.58. The van der Waals surface area contributed by atoms with Gasteiger partial charge in [0, 0.05) is 19.2 Å². The molecule has 10 heteroatoms. The van der Waals surface area contributed by atoms with E-state index in [2.05, 4.69) is 20.7 Å². The van der Waals surface area contributed by atoms with Crippen LogP contribution in [0.3, 0.4) is 0 Å². The smallest absolute Gasteiger partial charge is 0.247 e. The normalized spacial score (nSPS) is 14.7. The number of nitrogens with one attached hydrogen (secondary N) is 1. The van der Waals surface area contributed by atoms with E-state index < -0.39 is 6.04 Å². The lowest BCUT2D eigenvalue weighted by atomic mass is 10.0. The first kappa shape index (κ1) is 24.6. The highest BCUT2D eigenvalue weighted by Gasteiger charge is 2.33. The van der Waals surface area contributed by atoms with Crippen molar-refractivity contribution >= 4 is 11.8 Å². The van der Waals surface area contributed by atoms with Gasteiger partial charge in [0.15, 0.2) is 5.76 Å². The molecule has 2 heterocycles. The summed E-state index contributed by atoms with van der Waals surface area (Å²) in [6, 6.07) is 10.4. The van der Waals surface area contributed by atoms with E-state index in [1.165, 1.54) is 9.70 Å². The van der Waals surface area contributed by atoms with Crippen molar-refractivity contribution in [1.29, 1.82) is 0 Å². The molecule has 2 aromatic heterocycles. The molecular weight excluding hydrogens is 448 g/mol. The summed E-state index contributed by atoms with van der Waals surface area (Å²) in [6.45, 7) is 3.71. The molecule has 0 radical (unpaired) electrons. The Morgan fingerprint density at radius 2 is 1.91 bits per heavy atom. The number of aromatic nitrogens is 4. The number of aryl methyl sites for hydroxylation is 2. The van der Waals surface area contributed by atoms with E-state index in [9.17, 15) is 14.7 Å². The zero-order chi connectivity index (χ0) is 24.8. The first-order valence-corrected chi connectivity index (χ1v) is 12.1. The summed E-state index contributed by atoms with van der Waals surface area (Å²) in [5, 5.41) is 24.9. The van der Waals surface area contributed by atoms with Crippen LogP contribution in [-0.2, 0) is 16.1 Å². The highest BCUT2D eigenvalue weighted by Crippen LogP contribution is 2.25. The number of hydrogen-bond donors (Lipinski definition) is 2. The van der Waals surface area contributed by atoms with Crippen LogP contribution in [0.1, 0.15) is 55.0 Å². The fourth-order valence-corrected chi connectivity index (χ4v) is 4.39. The van der Waals surface area contributed by atoms with Gasteiger partial charge in [-0.15, -0.1) is 10.2 Å². The van der Waals surface area contributed by atoms with E-state index in [-0.39, 0.29) is 43.4 Å². The molecule has 0 saturated heterocycles. The van der Waals surface area contributed by atoms with Crippen LogP contribution in [0.5, 0.6) is 0 Å². The topological polar surface area (TPSA) is 126 Å². The Morgan fingerprint density at radius 1 is 1.17 bits per heavy atom. The van der Waals surface area contributed by atoms with Gasteiger partial charge in [0.05, 0.1) is 0 Å². The second kappa shape index (κ2) is 11.3. The number of hydrogen-bond acceptors (Lipinski definition) is 7. The number of carbonyl (C=O) groups excluding carboxylic acids is 2. The van der Waals surface area contributed by atoms with Crippen molar-refractivity contribution in [3.05, 3.63) is 53.3 Å². The Kier molecular flexibility index (Phi) is 7.91. The average molecular weight is 481 g/mol. The van der Waals surface area contributed by atoms with Gasteiger partial charge in [-0.3, -0.25) is 9.59 Å². The predicted octanol–water partition coefficient (Wildman–Crippen LogP) is 2.56. The second-order valence-electron chi connectivity index (χ2n) is 9.02. The van der Waals surface area contributed by atoms with Crippen LogP contribution in [0.4, 0.5) is 0 Å². The number of nitrogens with zero attached hydrogens (tertiary/aromatic N) is 5. The van der Waals surface area contributed by atoms with Crippen LogP contribution in [-0.4, -0.2) is 61.2 Å². The Bertz CT molecular complexity index is 1130. The van der Waals surface area contributed by atoms with Gasteiger partial charge in [-0.05, 0) is 56.0 Å². The number of tetrazole rings is 1. The fourth-order valence-electron chi connectivity index (χ4n) is 4.39. The van der Waals surface area contributed by atoms with Crippen molar-refractivity contribution in [2.75, 3.05) is 13.2 Å². The van der Waals surface area contributed by atoms with Gasteiger partial charge < -0.3 is 19.7 Å². The van der Waals surface area contributed by atoms with Gasteiger partial charge >= 0.3 is 0 Å². The molecule has 10 nitrogen and oxygen atoms in total. The molecule has 186 valence electrons. The van der Waals surface area contributed by atoms with Gasteiger partial charge in [-0.1, -0.05) is 42.7 Å². The molecule has 1 saturated carbocycles. The summed E-state index contributed by atoms with van der Waals surface area (Å²) < 4.78 is 5.53. The lowest BCUT2D eigenvalue weighted by Crippen LogP contribution is -2.47. The number of aliphatic hydroxyl groups is 1. The minimum atomic E-state index is -0.828. The zero-order valence-corrected chi connectivity index (χ0v) is 20.2. The van der Waals surface area contributed by atoms with Crippen LogP contribution in [0.25, 0.3) is 11.6 Å². The first-order valence-electron chi connectivity index (χ1n) is 12.1. The lowest BCUT2D eigenvalue weighted by Gasteiger charge is -2.32. The summed E-state index contributed by atoms with van der Waals surface area (Å²) in [5.74, 6) is 0.904. The van der Waals surface area contributed by atoms with Gasteiger partial charge in [-0.2, -0.15) is 4.80 Å². The molecule has 1 fully saturated rings.